The molecule has 0 aliphatic heterocycles. The molecule has 2 aromatic carbocycles. The van der Waals surface area contributed by atoms with Gasteiger partial charge in [-0.3, -0.25) is 9.00 Å². The smallest absolute Gasteiger partial charge is 0.224 e. The summed E-state index contributed by atoms with van der Waals surface area (Å²) in [6, 6.07) is 14.9. The summed E-state index contributed by atoms with van der Waals surface area (Å²) in [5.41, 5.74) is 1.82. The van der Waals surface area contributed by atoms with Gasteiger partial charge >= 0.3 is 0 Å². The number of hydrogen-bond acceptors (Lipinski definition) is 3. The minimum Gasteiger partial charge on any atom is -0.494 e. The van der Waals surface area contributed by atoms with Gasteiger partial charge in [0, 0.05) is 34.1 Å². The Bertz CT molecular complexity index is 700. The highest BCUT2D eigenvalue weighted by atomic mass is 32.2. The first kappa shape index (κ1) is 17.2. The van der Waals surface area contributed by atoms with Crippen molar-refractivity contribution in [3.63, 3.8) is 0 Å². The Labute approximate surface area is 139 Å². The van der Waals surface area contributed by atoms with Crippen LogP contribution in [0, 0.1) is 6.92 Å². The highest BCUT2D eigenvalue weighted by molar-refractivity contribution is 7.84. The van der Waals surface area contributed by atoms with E-state index in [9.17, 15) is 9.00 Å². The molecular formula is C18H21NO3S. The summed E-state index contributed by atoms with van der Waals surface area (Å²) < 4.78 is 17.1. The molecule has 0 bridgehead atoms. The standard InChI is InChI=1S/C18H21NO3S/c1-14-6-3-8-16(12-14)22-11-5-10-18(20)19-15-7-4-9-17(13-15)23(2)21/h3-4,6-9,12-13H,5,10-11H2,1-2H3,(H,19,20)/t23-/m1/s1. The largest absolute Gasteiger partial charge is 0.494 e. The number of amides is 1. The van der Waals surface area contributed by atoms with E-state index in [1.165, 1.54) is 0 Å². The molecule has 122 valence electrons. The van der Waals surface area contributed by atoms with Crippen molar-refractivity contribution in [2.24, 2.45) is 0 Å². The second kappa shape index (κ2) is 8.48. The SMILES string of the molecule is Cc1cccc(OCCCC(=O)Nc2cccc([S@@](C)=O)c2)c1. The Morgan fingerprint density at radius 1 is 1.17 bits per heavy atom. The lowest BCUT2D eigenvalue weighted by Gasteiger charge is -2.08. The van der Waals surface area contributed by atoms with E-state index in [0.717, 1.165) is 11.3 Å². The molecule has 4 nitrogen and oxygen atoms in total. The molecule has 1 atom stereocenters. The van der Waals surface area contributed by atoms with Gasteiger partial charge in [-0.15, -0.1) is 0 Å². The van der Waals surface area contributed by atoms with E-state index in [0.29, 0.717) is 30.0 Å². The number of carbonyl (C=O) groups excluding carboxylic acids is 1. The van der Waals surface area contributed by atoms with Crippen LogP contribution in [0.25, 0.3) is 0 Å². The number of nitrogens with one attached hydrogen (secondary N) is 1. The topological polar surface area (TPSA) is 55.4 Å². The first-order chi connectivity index (χ1) is 11.0. The van der Waals surface area contributed by atoms with E-state index in [4.69, 9.17) is 4.74 Å². The van der Waals surface area contributed by atoms with Crippen LogP contribution in [0.2, 0.25) is 0 Å². The van der Waals surface area contributed by atoms with E-state index in [-0.39, 0.29) is 5.91 Å². The monoisotopic (exact) mass is 331 g/mol. The quantitative estimate of drug-likeness (QED) is 0.790. The minimum absolute atomic E-state index is 0.0723. The van der Waals surface area contributed by atoms with Gasteiger partial charge in [-0.25, -0.2) is 0 Å². The highest BCUT2D eigenvalue weighted by Gasteiger charge is 2.05. The average Bonchev–Trinajstić information content (AvgIpc) is 2.52. The number of anilines is 1. The lowest BCUT2D eigenvalue weighted by molar-refractivity contribution is -0.116. The second-order valence-corrected chi connectivity index (χ2v) is 6.68. The molecule has 0 aliphatic rings. The maximum atomic E-state index is 11.9. The van der Waals surface area contributed by atoms with Crippen LogP contribution in [0.15, 0.2) is 53.4 Å². The zero-order valence-electron chi connectivity index (χ0n) is 13.4. The summed E-state index contributed by atoms with van der Waals surface area (Å²) in [7, 11) is -1.06. The predicted octanol–water partition coefficient (Wildman–Crippen LogP) is 3.53. The molecule has 0 aromatic heterocycles. The molecule has 2 rings (SSSR count). The van der Waals surface area contributed by atoms with Crippen LogP contribution in [-0.2, 0) is 15.6 Å². The number of benzene rings is 2. The molecule has 0 fully saturated rings. The lowest BCUT2D eigenvalue weighted by Crippen LogP contribution is -2.13. The molecule has 0 heterocycles. The summed E-state index contributed by atoms with van der Waals surface area (Å²) in [5.74, 6) is 0.750. The van der Waals surface area contributed by atoms with E-state index >= 15 is 0 Å². The molecule has 0 spiro atoms. The number of ether oxygens (including phenoxy) is 1. The first-order valence-corrected chi connectivity index (χ1v) is 9.03. The molecule has 1 N–H and O–H groups in total. The van der Waals surface area contributed by atoms with Gasteiger partial charge < -0.3 is 10.1 Å². The van der Waals surface area contributed by atoms with Crippen LogP contribution in [-0.4, -0.2) is 23.0 Å². The van der Waals surface area contributed by atoms with Crippen molar-refractivity contribution >= 4 is 22.4 Å². The van der Waals surface area contributed by atoms with Crippen LogP contribution < -0.4 is 10.1 Å². The van der Waals surface area contributed by atoms with Crippen LogP contribution >= 0.6 is 0 Å². The fraction of sp³-hybridized carbons (Fsp3) is 0.278. The Morgan fingerprint density at radius 3 is 2.70 bits per heavy atom. The number of hydrogen-bond donors (Lipinski definition) is 1. The molecule has 1 amide bonds. The summed E-state index contributed by atoms with van der Waals surface area (Å²) in [4.78, 5) is 12.6. The van der Waals surface area contributed by atoms with Crippen molar-refractivity contribution in [1.29, 1.82) is 0 Å². The third kappa shape index (κ3) is 5.87. The van der Waals surface area contributed by atoms with Crippen molar-refractivity contribution in [2.75, 3.05) is 18.2 Å². The van der Waals surface area contributed by atoms with Crippen molar-refractivity contribution in [3.05, 3.63) is 54.1 Å². The van der Waals surface area contributed by atoms with Crippen molar-refractivity contribution in [2.45, 2.75) is 24.7 Å². The van der Waals surface area contributed by atoms with Gasteiger partial charge in [0.1, 0.15) is 5.75 Å². The number of aryl methyl sites for hydroxylation is 1. The Hall–Kier alpha value is -2.14. The maximum absolute atomic E-state index is 11.9. The van der Waals surface area contributed by atoms with Crippen molar-refractivity contribution < 1.29 is 13.7 Å². The van der Waals surface area contributed by atoms with Crippen LogP contribution in [0.1, 0.15) is 18.4 Å². The molecule has 0 saturated carbocycles. The van der Waals surface area contributed by atoms with Gasteiger partial charge in [-0.2, -0.15) is 0 Å². The lowest BCUT2D eigenvalue weighted by atomic mass is 10.2. The van der Waals surface area contributed by atoms with Gasteiger partial charge in [0.25, 0.3) is 0 Å². The molecule has 23 heavy (non-hydrogen) atoms. The number of rotatable bonds is 7. The minimum atomic E-state index is -1.06. The third-order valence-corrected chi connectivity index (χ3v) is 4.17. The molecule has 2 aromatic rings. The molecule has 0 aliphatic carbocycles. The zero-order valence-corrected chi connectivity index (χ0v) is 14.2. The molecule has 0 radical (unpaired) electrons. The van der Waals surface area contributed by atoms with Gasteiger partial charge in [0.05, 0.1) is 6.61 Å². The summed E-state index contributed by atoms with van der Waals surface area (Å²) in [6.45, 7) is 2.51. The Morgan fingerprint density at radius 2 is 1.96 bits per heavy atom. The van der Waals surface area contributed by atoms with Crippen LogP contribution in [0.5, 0.6) is 5.75 Å². The zero-order chi connectivity index (χ0) is 16.7. The summed E-state index contributed by atoms with van der Waals surface area (Å²) in [5, 5.41) is 2.82. The molecule has 0 unspecified atom stereocenters. The van der Waals surface area contributed by atoms with Gasteiger partial charge in [-0.1, -0.05) is 18.2 Å². The third-order valence-electron chi connectivity index (χ3n) is 3.26. The van der Waals surface area contributed by atoms with Gasteiger partial charge in [-0.05, 0) is 49.2 Å². The van der Waals surface area contributed by atoms with Crippen LogP contribution in [0.3, 0.4) is 0 Å². The average molecular weight is 331 g/mol. The fourth-order valence-electron chi connectivity index (χ4n) is 2.10. The summed E-state index contributed by atoms with van der Waals surface area (Å²) in [6.07, 6.45) is 2.63. The Kier molecular flexibility index (Phi) is 6.35. The Balaban J connectivity index is 1.75. The van der Waals surface area contributed by atoms with Crippen LogP contribution in [0.4, 0.5) is 5.69 Å². The maximum Gasteiger partial charge on any atom is 0.224 e. The first-order valence-electron chi connectivity index (χ1n) is 7.47. The van der Waals surface area contributed by atoms with Gasteiger partial charge in [0.2, 0.25) is 5.91 Å². The van der Waals surface area contributed by atoms with E-state index < -0.39 is 10.8 Å². The van der Waals surface area contributed by atoms with E-state index in [1.807, 2.05) is 31.2 Å². The van der Waals surface area contributed by atoms with Crippen molar-refractivity contribution in [1.82, 2.24) is 0 Å². The second-order valence-electron chi connectivity index (χ2n) is 5.30. The number of carbonyl (C=O) groups is 1. The normalized spacial score (nSPS) is 11.7. The van der Waals surface area contributed by atoms with Gasteiger partial charge in [0.15, 0.2) is 0 Å². The van der Waals surface area contributed by atoms with E-state index in [2.05, 4.69) is 5.32 Å². The summed E-state index contributed by atoms with van der Waals surface area (Å²) >= 11 is 0. The van der Waals surface area contributed by atoms with E-state index in [1.54, 1.807) is 30.5 Å². The molecule has 5 heteroatoms. The molecular weight excluding hydrogens is 310 g/mol. The molecule has 0 saturated heterocycles. The van der Waals surface area contributed by atoms with Crippen molar-refractivity contribution in [3.8, 4) is 5.75 Å². The fourth-order valence-corrected chi connectivity index (χ4v) is 2.67. The highest BCUT2D eigenvalue weighted by Crippen LogP contribution is 2.15. The predicted molar refractivity (Wildman–Crippen MR) is 93.3 cm³/mol.